The van der Waals surface area contributed by atoms with E-state index >= 15 is 0 Å². The van der Waals surface area contributed by atoms with Crippen LogP contribution in [0.15, 0.2) is 42.5 Å². The van der Waals surface area contributed by atoms with Crippen LogP contribution in [0, 0.1) is 6.92 Å². The summed E-state index contributed by atoms with van der Waals surface area (Å²) in [7, 11) is 0. The summed E-state index contributed by atoms with van der Waals surface area (Å²) >= 11 is 5.80. The zero-order chi connectivity index (χ0) is 18.2. The third-order valence-corrected chi connectivity index (χ3v) is 3.53. The Morgan fingerprint density at radius 3 is 2.48 bits per heavy atom. The van der Waals surface area contributed by atoms with E-state index in [1.807, 2.05) is 13.0 Å². The molecular formula is C18H20ClN3O3. The molecular weight excluding hydrogens is 342 g/mol. The van der Waals surface area contributed by atoms with Crippen LogP contribution in [0.1, 0.15) is 12.5 Å². The molecule has 3 N–H and O–H groups in total. The molecule has 0 aliphatic carbocycles. The predicted octanol–water partition coefficient (Wildman–Crippen LogP) is 3.81. The van der Waals surface area contributed by atoms with Gasteiger partial charge < -0.3 is 20.7 Å². The lowest BCUT2D eigenvalue weighted by atomic mass is 10.2. The SMILES string of the molecule is CC(=O)Nc1ccc(C)c(NC(=O)NCCOc2ccc(Cl)cc2)c1. The standard InChI is InChI=1S/C18H20ClN3O3/c1-12-3-6-15(21-13(2)23)11-17(12)22-18(24)20-9-10-25-16-7-4-14(19)5-8-16/h3-8,11H,9-10H2,1-2H3,(H,21,23)(H2,20,22,24). The van der Waals surface area contributed by atoms with Crippen molar-refractivity contribution in [3.05, 3.63) is 53.1 Å². The Balaban J connectivity index is 1.79. The highest BCUT2D eigenvalue weighted by atomic mass is 35.5. The largest absolute Gasteiger partial charge is 0.492 e. The normalized spacial score (nSPS) is 10.0. The molecule has 0 heterocycles. The second kappa shape index (κ2) is 8.94. The van der Waals surface area contributed by atoms with Crippen molar-refractivity contribution < 1.29 is 14.3 Å². The molecule has 0 aliphatic rings. The topological polar surface area (TPSA) is 79.5 Å². The summed E-state index contributed by atoms with van der Waals surface area (Å²) < 4.78 is 5.50. The monoisotopic (exact) mass is 361 g/mol. The molecule has 0 atom stereocenters. The minimum absolute atomic E-state index is 0.168. The maximum absolute atomic E-state index is 12.0. The quantitative estimate of drug-likeness (QED) is 0.684. The highest BCUT2D eigenvalue weighted by Gasteiger charge is 2.06. The van der Waals surface area contributed by atoms with Crippen molar-refractivity contribution in [2.24, 2.45) is 0 Å². The van der Waals surface area contributed by atoms with Crippen LogP contribution in [-0.4, -0.2) is 25.1 Å². The van der Waals surface area contributed by atoms with Crippen LogP contribution in [-0.2, 0) is 4.79 Å². The fourth-order valence-electron chi connectivity index (χ4n) is 2.07. The Bertz CT molecular complexity index is 748. The molecule has 0 aromatic heterocycles. The van der Waals surface area contributed by atoms with Crippen molar-refractivity contribution in [3.8, 4) is 5.75 Å². The van der Waals surface area contributed by atoms with E-state index in [0.29, 0.717) is 35.3 Å². The fourth-order valence-corrected chi connectivity index (χ4v) is 2.19. The summed E-state index contributed by atoms with van der Waals surface area (Å²) in [6.45, 7) is 3.98. The summed E-state index contributed by atoms with van der Waals surface area (Å²) in [4.78, 5) is 23.1. The highest BCUT2D eigenvalue weighted by molar-refractivity contribution is 6.30. The number of hydrogen-bond acceptors (Lipinski definition) is 3. The first kappa shape index (κ1) is 18.6. The lowest BCUT2D eigenvalue weighted by Crippen LogP contribution is -2.32. The highest BCUT2D eigenvalue weighted by Crippen LogP contribution is 2.20. The van der Waals surface area contributed by atoms with Crippen molar-refractivity contribution in [2.45, 2.75) is 13.8 Å². The van der Waals surface area contributed by atoms with Crippen LogP contribution in [0.25, 0.3) is 0 Å². The number of ether oxygens (including phenoxy) is 1. The van der Waals surface area contributed by atoms with Crippen LogP contribution >= 0.6 is 11.6 Å². The molecule has 0 saturated heterocycles. The van der Waals surface area contributed by atoms with Gasteiger partial charge in [0, 0.05) is 23.3 Å². The van der Waals surface area contributed by atoms with Crippen LogP contribution in [0.4, 0.5) is 16.2 Å². The number of carbonyl (C=O) groups excluding carboxylic acids is 2. The maximum atomic E-state index is 12.0. The van der Waals surface area contributed by atoms with Crippen molar-refractivity contribution in [1.29, 1.82) is 0 Å². The van der Waals surface area contributed by atoms with Crippen LogP contribution in [0.5, 0.6) is 5.75 Å². The molecule has 2 rings (SSSR count). The van der Waals surface area contributed by atoms with Crippen molar-refractivity contribution in [1.82, 2.24) is 5.32 Å². The van der Waals surface area contributed by atoms with Crippen LogP contribution in [0.2, 0.25) is 5.02 Å². The number of aryl methyl sites for hydroxylation is 1. The van der Waals surface area contributed by atoms with Gasteiger partial charge in [-0.1, -0.05) is 17.7 Å². The van der Waals surface area contributed by atoms with Crippen molar-refractivity contribution >= 4 is 34.9 Å². The summed E-state index contributed by atoms with van der Waals surface area (Å²) in [5, 5.41) is 8.79. The molecule has 2 aromatic carbocycles. The Labute approximate surface area is 151 Å². The van der Waals surface area contributed by atoms with E-state index in [1.165, 1.54) is 6.92 Å². The number of amides is 3. The Hall–Kier alpha value is -2.73. The minimum atomic E-state index is -0.345. The van der Waals surface area contributed by atoms with Gasteiger partial charge in [-0.3, -0.25) is 4.79 Å². The number of benzene rings is 2. The van der Waals surface area contributed by atoms with Crippen molar-refractivity contribution in [3.63, 3.8) is 0 Å². The molecule has 0 spiro atoms. The third-order valence-electron chi connectivity index (χ3n) is 3.28. The fraction of sp³-hybridized carbons (Fsp3) is 0.222. The average molecular weight is 362 g/mol. The first-order valence-electron chi connectivity index (χ1n) is 7.75. The van der Waals surface area contributed by atoms with Gasteiger partial charge >= 0.3 is 6.03 Å². The second-order valence-electron chi connectivity index (χ2n) is 5.39. The van der Waals surface area contributed by atoms with Gasteiger partial charge in [-0.05, 0) is 48.9 Å². The van der Waals surface area contributed by atoms with Crippen molar-refractivity contribution in [2.75, 3.05) is 23.8 Å². The minimum Gasteiger partial charge on any atom is -0.492 e. The van der Waals surface area contributed by atoms with E-state index in [-0.39, 0.29) is 11.9 Å². The Morgan fingerprint density at radius 2 is 1.80 bits per heavy atom. The molecule has 0 unspecified atom stereocenters. The Morgan fingerprint density at radius 1 is 1.08 bits per heavy atom. The average Bonchev–Trinajstić information content (AvgIpc) is 2.56. The lowest BCUT2D eigenvalue weighted by molar-refractivity contribution is -0.114. The molecule has 0 aliphatic heterocycles. The van der Waals surface area contributed by atoms with Gasteiger partial charge in [0.05, 0.1) is 6.54 Å². The van der Waals surface area contributed by atoms with Gasteiger partial charge in [0.2, 0.25) is 5.91 Å². The summed E-state index contributed by atoms with van der Waals surface area (Å²) in [6.07, 6.45) is 0. The van der Waals surface area contributed by atoms with E-state index in [4.69, 9.17) is 16.3 Å². The zero-order valence-corrected chi connectivity index (χ0v) is 14.8. The van der Waals surface area contributed by atoms with Gasteiger partial charge in [-0.15, -0.1) is 0 Å². The number of nitrogens with one attached hydrogen (secondary N) is 3. The molecule has 2 aromatic rings. The van der Waals surface area contributed by atoms with E-state index in [0.717, 1.165) is 5.56 Å². The molecule has 0 bridgehead atoms. The van der Waals surface area contributed by atoms with Gasteiger partial charge in [0.25, 0.3) is 0 Å². The maximum Gasteiger partial charge on any atom is 0.319 e. The lowest BCUT2D eigenvalue weighted by Gasteiger charge is -2.12. The summed E-state index contributed by atoms with van der Waals surface area (Å²) in [5.74, 6) is 0.518. The first-order chi connectivity index (χ1) is 11.9. The number of halogens is 1. The molecule has 0 saturated carbocycles. The number of carbonyl (C=O) groups is 2. The second-order valence-corrected chi connectivity index (χ2v) is 5.83. The van der Waals surface area contributed by atoms with E-state index in [1.54, 1.807) is 36.4 Å². The third kappa shape index (κ3) is 6.35. The molecule has 6 nitrogen and oxygen atoms in total. The molecule has 0 fully saturated rings. The van der Waals surface area contributed by atoms with Crippen LogP contribution < -0.4 is 20.7 Å². The molecule has 7 heteroatoms. The number of rotatable bonds is 6. The molecule has 132 valence electrons. The molecule has 3 amide bonds. The number of urea groups is 1. The Kier molecular flexibility index (Phi) is 6.65. The smallest absolute Gasteiger partial charge is 0.319 e. The predicted molar refractivity (Wildman–Crippen MR) is 99.5 cm³/mol. The van der Waals surface area contributed by atoms with Crippen LogP contribution in [0.3, 0.4) is 0 Å². The summed E-state index contributed by atoms with van der Waals surface area (Å²) in [5.41, 5.74) is 2.14. The zero-order valence-electron chi connectivity index (χ0n) is 14.1. The first-order valence-corrected chi connectivity index (χ1v) is 8.13. The van der Waals surface area contributed by atoms with E-state index < -0.39 is 0 Å². The van der Waals surface area contributed by atoms with E-state index in [2.05, 4.69) is 16.0 Å². The molecule has 25 heavy (non-hydrogen) atoms. The number of anilines is 2. The number of hydrogen-bond donors (Lipinski definition) is 3. The van der Waals surface area contributed by atoms with Gasteiger partial charge in [0.1, 0.15) is 12.4 Å². The van der Waals surface area contributed by atoms with Gasteiger partial charge in [0.15, 0.2) is 0 Å². The van der Waals surface area contributed by atoms with E-state index in [9.17, 15) is 9.59 Å². The van der Waals surface area contributed by atoms with Gasteiger partial charge in [-0.25, -0.2) is 4.79 Å². The molecule has 0 radical (unpaired) electrons. The summed E-state index contributed by atoms with van der Waals surface area (Å²) in [6, 6.07) is 12.0. The van der Waals surface area contributed by atoms with Gasteiger partial charge in [-0.2, -0.15) is 0 Å².